The normalized spacial score (nSPS) is 33.8. The topological polar surface area (TPSA) is 80.4 Å². The fourth-order valence-corrected chi connectivity index (χ4v) is 7.82. The van der Waals surface area contributed by atoms with Gasteiger partial charge in [-0.1, -0.05) is 6.42 Å². The summed E-state index contributed by atoms with van der Waals surface area (Å²) >= 11 is 0. The average molecular weight is 442 g/mol. The Balaban J connectivity index is 1.08. The fourth-order valence-electron chi connectivity index (χ4n) is 7.82. The van der Waals surface area contributed by atoms with Crippen molar-refractivity contribution in [3.63, 3.8) is 0 Å². The van der Waals surface area contributed by atoms with Crippen LogP contribution in [0.25, 0.3) is 0 Å². The predicted molar refractivity (Wildman–Crippen MR) is 118 cm³/mol. The maximum Gasteiger partial charge on any atom is 0.346 e. The molecule has 6 aliphatic rings. The first-order chi connectivity index (χ1) is 15.5. The van der Waals surface area contributed by atoms with Gasteiger partial charge in [0.1, 0.15) is 12.4 Å². The number of carbonyl (C=O) groups is 2. The van der Waals surface area contributed by atoms with Gasteiger partial charge in [0.05, 0.1) is 5.41 Å². The maximum atomic E-state index is 13.6. The number of aryl methyl sites for hydroxylation is 1. The highest BCUT2D eigenvalue weighted by Crippen LogP contribution is 2.60. The number of rotatable bonds is 3. The van der Waals surface area contributed by atoms with Gasteiger partial charge in [-0.3, -0.25) is 14.2 Å². The third-order valence-corrected chi connectivity index (χ3v) is 8.98. The highest BCUT2D eigenvalue weighted by molar-refractivity contribution is 5.84. The van der Waals surface area contributed by atoms with Crippen LogP contribution in [-0.2, 0) is 29.1 Å². The van der Waals surface area contributed by atoms with Crippen molar-refractivity contribution in [1.82, 2.24) is 24.1 Å². The lowest BCUT2D eigenvalue weighted by Gasteiger charge is -2.57. The Morgan fingerprint density at radius 3 is 2.12 bits per heavy atom. The van der Waals surface area contributed by atoms with Crippen LogP contribution in [0.4, 0.5) is 0 Å². The molecule has 3 heterocycles. The van der Waals surface area contributed by atoms with E-state index in [1.807, 2.05) is 4.90 Å². The molecule has 5 fully saturated rings. The van der Waals surface area contributed by atoms with Crippen LogP contribution in [0.1, 0.15) is 63.6 Å². The van der Waals surface area contributed by atoms with Gasteiger partial charge in [-0.15, -0.1) is 0 Å². The van der Waals surface area contributed by atoms with Gasteiger partial charge in [-0.25, -0.2) is 9.48 Å². The predicted octanol–water partition coefficient (Wildman–Crippen LogP) is 1.66. The molecular formula is C24H35N5O3. The van der Waals surface area contributed by atoms with Gasteiger partial charge in [0, 0.05) is 39.1 Å². The van der Waals surface area contributed by atoms with Crippen LogP contribution in [0.5, 0.6) is 0 Å². The van der Waals surface area contributed by atoms with Crippen LogP contribution in [-0.4, -0.2) is 62.1 Å². The summed E-state index contributed by atoms with van der Waals surface area (Å²) in [5, 5.41) is 4.45. The molecule has 1 saturated heterocycles. The first-order valence-electron chi connectivity index (χ1n) is 12.7. The molecule has 4 aliphatic carbocycles. The van der Waals surface area contributed by atoms with Crippen LogP contribution in [0.2, 0.25) is 0 Å². The number of carbonyl (C=O) groups excluding carboxylic acids is 2. The zero-order chi connectivity index (χ0) is 21.9. The average Bonchev–Trinajstić information content (AvgIpc) is 2.93. The van der Waals surface area contributed by atoms with Crippen molar-refractivity contribution in [2.75, 3.05) is 26.2 Å². The van der Waals surface area contributed by atoms with Crippen LogP contribution in [0, 0.1) is 23.2 Å². The molecule has 0 atom stereocenters. The van der Waals surface area contributed by atoms with Crippen LogP contribution < -0.4 is 5.69 Å². The minimum Gasteiger partial charge on any atom is -0.339 e. The maximum absolute atomic E-state index is 13.6. The summed E-state index contributed by atoms with van der Waals surface area (Å²) in [6.07, 6.45) is 11.2. The first-order valence-corrected chi connectivity index (χ1v) is 12.7. The third kappa shape index (κ3) is 3.41. The van der Waals surface area contributed by atoms with Crippen molar-refractivity contribution in [2.24, 2.45) is 23.2 Å². The number of nitrogens with zero attached hydrogens (tertiary/aromatic N) is 5. The molecule has 2 aliphatic heterocycles. The van der Waals surface area contributed by atoms with Gasteiger partial charge >= 0.3 is 5.69 Å². The summed E-state index contributed by atoms with van der Waals surface area (Å²) in [7, 11) is 0. The lowest BCUT2D eigenvalue weighted by atomic mass is 9.49. The Hall–Kier alpha value is -2.12. The summed E-state index contributed by atoms with van der Waals surface area (Å²) in [5.41, 5.74) is -0.270. The van der Waals surface area contributed by atoms with E-state index in [1.165, 1.54) is 23.9 Å². The second kappa shape index (κ2) is 7.73. The first kappa shape index (κ1) is 20.5. The molecule has 2 amide bonds. The molecule has 1 aromatic heterocycles. The quantitative estimate of drug-likeness (QED) is 0.715. The molecule has 4 bridgehead atoms. The number of piperazine rings is 1. The second-order valence-electron chi connectivity index (χ2n) is 11.2. The van der Waals surface area contributed by atoms with Crippen LogP contribution in [0.3, 0.4) is 0 Å². The summed E-state index contributed by atoms with van der Waals surface area (Å²) in [6, 6.07) is 0. The fraction of sp³-hybridized carbons (Fsp3) is 0.833. The zero-order valence-corrected chi connectivity index (χ0v) is 19.0. The minimum atomic E-state index is -0.161. The second-order valence-corrected chi connectivity index (χ2v) is 11.2. The minimum absolute atomic E-state index is 0.00174. The van der Waals surface area contributed by atoms with E-state index in [0.29, 0.717) is 38.6 Å². The molecule has 0 N–H and O–H groups in total. The molecule has 0 radical (unpaired) electrons. The molecule has 0 aromatic carbocycles. The van der Waals surface area contributed by atoms with E-state index < -0.39 is 0 Å². The number of amides is 2. The lowest BCUT2D eigenvalue weighted by molar-refractivity contribution is -0.160. The molecule has 174 valence electrons. The van der Waals surface area contributed by atoms with Gasteiger partial charge in [0.2, 0.25) is 11.8 Å². The molecule has 8 nitrogen and oxygen atoms in total. The van der Waals surface area contributed by atoms with Crippen molar-refractivity contribution in [2.45, 2.75) is 77.3 Å². The molecule has 1 aromatic rings. The lowest BCUT2D eigenvalue weighted by Crippen LogP contribution is -2.58. The molecule has 32 heavy (non-hydrogen) atoms. The van der Waals surface area contributed by atoms with E-state index >= 15 is 0 Å². The van der Waals surface area contributed by atoms with Crippen molar-refractivity contribution in [1.29, 1.82) is 0 Å². The summed E-state index contributed by atoms with van der Waals surface area (Å²) < 4.78 is 3.08. The number of fused-ring (bicyclic) bond motifs is 1. The van der Waals surface area contributed by atoms with E-state index in [4.69, 9.17) is 0 Å². The highest BCUT2D eigenvalue weighted by atomic mass is 16.2. The van der Waals surface area contributed by atoms with Crippen molar-refractivity contribution < 1.29 is 9.59 Å². The molecular weight excluding hydrogens is 406 g/mol. The van der Waals surface area contributed by atoms with Gasteiger partial charge in [0.25, 0.3) is 0 Å². The van der Waals surface area contributed by atoms with Crippen molar-refractivity contribution >= 4 is 11.8 Å². The highest BCUT2D eigenvalue weighted by Gasteiger charge is 2.55. The van der Waals surface area contributed by atoms with Gasteiger partial charge < -0.3 is 9.80 Å². The SMILES string of the molecule is O=C(Cn1nc2n(c1=O)CCCCC2)N1CCN(C(=O)C23CC4CC(CC(C4)C2)C3)CC1. The van der Waals surface area contributed by atoms with E-state index in [2.05, 4.69) is 5.10 Å². The van der Waals surface area contributed by atoms with Gasteiger partial charge in [0.15, 0.2) is 0 Å². The van der Waals surface area contributed by atoms with Crippen molar-refractivity contribution in [3.05, 3.63) is 16.3 Å². The molecule has 8 heteroatoms. The largest absolute Gasteiger partial charge is 0.346 e. The summed E-state index contributed by atoms with van der Waals surface area (Å²) in [6.45, 7) is 3.04. The summed E-state index contributed by atoms with van der Waals surface area (Å²) in [4.78, 5) is 43.0. The third-order valence-electron chi connectivity index (χ3n) is 8.98. The van der Waals surface area contributed by atoms with E-state index in [-0.39, 0.29) is 23.6 Å². The van der Waals surface area contributed by atoms with Crippen molar-refractivity contribution in [3.8, 4) is 0 Å². The number of hydrogen-bond acceptors (Lipinski definition) is 4. The molecule has 4 saturated carbocycles. The smallest absolute Gasteiger partial charge is 0.339 e. The van der Waals surface area contributed by atoms with Gasteiger partial charge in [-0.05, 0) is 69.1 Å². The van der Waals surface area contributed by atoms with E-state index in [9.17, 15) is 14.4 Å². The van der Waals surface area contributed by atoms with E-state index in [1.54, 1.807) is 9.47 Å². The Labute approximate surface area is 188 Å². The number of hydrogen-bond donors (Lipinski definition) is 0. The summed E-state index contributed by atoms with van der Waals surface area (Å²) in [5.74, 6) is 3.38. The Morgan fingerprint density at radius 2 is 1.47 bits per heavy atom. The van der Waals surface area contributed by atoms with Crippen LogP contribution in [0.15, 0.2) is 4.79 Å². The standard InChI is InChI=1S/C24H35N5O3/c30-21(16-29-23(32)28-5-3-1-2-4-20(28)25-29)26-6-8-27(9-7-26)22(31)24-13-17-10-18(14-24)12-19(11-17)15-24/h17-19H,1-16H2. The Kier molecular flexibility index (Phi) is 4.95. The number of aromatic nitrogens is 3. The molecule has 7 rings (SSSR count). The monoisotopic (exact) mass is 441 g/mol. The molecule has 0 unspecified atom stereocenters. The molecule has 0 spiro atoms. The Morgan fingerprint density at radius 1 is 0.844 bits per heavy atom. The van der Waals surface area contributed by atoms with Gasteiger partial charge in [-0.2, -0.15) is 5.10 Å². The van der Waals surface area contributed by atoms with E-state index in [0.717, 1.165) is 68.5 Å². The Bertz CT molecular complexity index is 935. The zero-order valence-electron chi connectivity index (χ0n) is 19.0. The van der Waals surface area contributed by atoms with Crippen LogP contribution >= 0.6 is 0 Å².